The van der Waals surface area contributed by atoms with E-state index in [1.165, 1.54) is 0 Å². The number of nitriles is 1. The summed E-state index contributed by atoms with van der Waals surface area (Å²) in [4.78, 5) is 38.2. The summed E-state index contributed by atoms with van der Waals surface area (Å²) in [5, 5.41) is 18.7. The maximum absolute atomic E-state index is 13.4. The number of hydrogen-bond donors (Lipinski definition) is 1. The van der Waals surface area contributed by atoms with Crippen LogP contribution in [0.2, 0.25) is 5.02 Å². The molecule has 1 aliphatic rings. The largest absolute Gasteiger partial charge is 0.481 e. The highest BCUT2D eigenvalue weighted by Crippen LogP contribution is 2.27. The molecule has 0 aliphatic carbocycles. The predicted octanol–water partition coefficient (Wildman–Crippen LogP) is 5.58. The lowest BCUT2D eigenvalue weighted by Gasteiger charge is -2.36. The average Bonchev–Trinajstić information content (AvgIpc) is 2.99. The van der Waals surface area contributed by atoms with Gasteiger partial charge in [-0.05, 0) is 73.9 Å². The molecule has 0 atom stereocenters. The number of piperazine rings is 1. The molecule has 1 saturated heterocycles. The normalized spacial score (nSPS) is 13.3. The Morgan fingerprint density at radius 3 is 2.30 bits per heavy atom. The van der Waals surface area contributed by atoms with E-state index in [4.69, 9.17) is 31.9 Å². The fourth-order valence-electron chi connectivity index (χ4n) is 4.90. The minimum absolute atomic E-state index is 0.0482. The highest BCUT2D eigenvalue weighted by atomic mass is 35.5. The van der Waals surface area contributed by atoms with Crippen molar-refractivity contribution in [3.05, 3.63) is 88.6 Å². The first-order valence-corrected chi connectivity index (χ1v) is 13.6. The van der Waals surface area contributed by atoms with Crippen LogP contribution in [0.25, 0.3) is 22.3 Å². The van der Waals surface area contributed by atoms with E-state index in [2.05, 4.69) is 11.0 Å². The van der Waals surface area contributed by atoms with Crippen molar-refractivity contribution in [2.24, 2.45) is 0 Å². The van der Waals surface area contributed by atoms with Crippen LogP contribution in [0, 0.1) is 11.3 Å². The topological polar surface area (TPSA) is 110 Å². The number of carbonyl (C=O) groups is 2. The van der Waals surface area contributed by atoms with Gasteiger partial charge in [0.1, 0.15) is 0 Å². The molecular weight excluding hydrogens is 526 g/mol. The molecule has 5 rings (SSSR count). The molecule has 1 amide bonds. The quantitative estimate of drug-likeness (QED) is 0.283. The summed E-state index contributed by atoms with van der Waals surface area (Å²) in [6, 6.07) is 22.5. The number of fused-ring (bicyclic) bond motifs is 1. The highest BCUT2D eigenvalue weighted by molar-refractivity contribution is 6.30. The maximum Gasteiger partial charge on any atom is 0.303 e. The molecule has 0 unspecified atom stereocenters. The van der Waals surface area contributed by atoms with E-state index in [0.717, 1.165) is 22.6 Å². The number of amides is 1. The number of carboxylic acids is 1. The minimum Gasteiger partial charge on any atom is -0.481 e. The van der Waals surface area contributed by atoms with Crippen LogP contribution < -0.4 is 4.90 Å². The molecular formula is C31H28ClN5O3. The summed E-state index contributed by atoms with van der Waals surface area (Å²) in [5.41, 5.74) is 5.92. The Kier molecular flexibility index (Phi) is 8.23. The van der Waals surface area contributed by atoms with Gasteiger partial charge in [0.15, 0.2) is 0 Å². The molecule has 0 radical (unpaired) electrons. The molecule has 8 nitrogen and oxygen atoms in total. The molecule has 1 fully saturated rings. The number of aryl methyl sites for hydroxylation is 1. The SMILES string of the molecule is N#Cc1ccc(N2CCN(C(=O)c3ccc4nc(-c5ccc(Cl)cc5)c(CCCCC(=O)O)nc4c3)CC2)cc1. The average molecular weight is 554 g/mol. The number of aromatic nitrogens is 2. The zero-order valence-corrected chi connectivity index (χ0v) is 22.6. The van der Waals surface area contributed by atoms with E-state index in [-0.39, 0.29) is 12.3 Å². The summed E-state index contributed by atoms with van der Waals surface area (Å²) in [6.45, 7) is 2.59. The van der Waals surface area contributed by atoms with Gasteiger partial charge in [0.25, 0.3) is 5.91 Å². The third-order valence-electron chi connectivity index (χ3n) is 7.08. The zero-order chi connectivity index (χ0) is 28.1. The van der Waals surface area contributed by atoms with Gasteiger partial charge < -0.3 is 14.9 Å². The molecule has 0 bridgehead atoms. The van der Waals surface area contributed by atoms with Gasteiger partial charge in [-0.2, -0.15) is 5.26 Å². The van der Waals surface area contributed by atoms with E-state index in [9.17, 15) is 9.59 Å². The Morgan fingerprint density at radius 1 is 0.900 bits per heavy atom. The van der Waals surface area contributed by atoms with Gasteiger partial charge in [-0.1, -0.05) is 23.7 Å². The molecule has 9 heteroatoms. The van der Waals surface area contributed by atoms with Crippen molar-refractivity contribution in [1.29, 1.82) is 5.26 Å². The van der Waals surface area contributed by atoms with Gasteiger partial charge in [0, 0.05) is 54.4 Å². The first-order valence-electron chi connectivity index (χ1n) is 13.2. The standard InChI is InChI=1S/C31H28ClN5O3/c32-24-10-7-22(8-11-24)30-27(3-1-2-4-29(38)39)34-28-19-23(9-14-26(28)35-30)31(40)37-17-15-36(16-18-37)25-12-5-21(20-33)6-13-25/h5-14,19H,1-4,15-18H2,(H,38,39). The van der Waals surface area contributed by atoms with Crippen molar-refractivity contribution in [2.75, 3.05) is 31.1 Å². The van der Waals surface area contributed by atoms with Crippen molar-refractivity contribution in [3.63, 3.8) is 0 Å². The second-order valence-corrected chi connectivity index (χ2v) is 10.2. The van der Waals surface area contributed by atoms with Crippen LogP contribution in [0.1, 0.15) is 40.9 Å². The van der Waals surface area contributed by atoms with Crippen molar-refractivity contribution in [1.82, 2.24) is 14.9 Å². The summed E-state index contributed by atoms with van der Waals surface area (Å²) >= 11 is 6.09. The second-order valence-electron chi connectivity index (χ2n) is 9.77. The van der Waals surface area contributed by atoms with E-state index in [1.807, 2.05) is 47.4 Å². The number of hydrogen-bond acceptors (Lipinski definition) is 6. The van der Waals surface area contributed by atoms with Gasteiger partial charge in [0.2, 0.25) is 0 Å². The van der Waals surface area contributed by atoms with Crippen molar-refractivity contribution in [3.8, 4) is 17.3 Å². The summed E-state index contributed by atoms with van der Waals surface area (Å²) in [6.07, 6.45) is 1.88. The molecule has 0 spiro atoms. The van der Waals surface area contributed by atoms with Crippen LogP contribution in [0.4, 0.5) is 5.69 Å². The lowest BCUT2D eigenvalue weighted by Crippen LogP contribution is -2.48. The van der Waals surface area contributed by atoms with Crippen LogP contribution >= 0.6 is 11.6 Å². The van der Waals surface area contributed by atoms with E-state index in [0.29, 0.717) is 72.6 Å². The van der Waals surface area contributed by atoms with Crippen molar-refractivity contribution >= 4 is 40.2 Å². The summed E-state index contributed by atoms with van der Waals surface area (Å²) in [7, 11) is 0. The number of carbonyl (C=O) groups excluding carboxylic acids is 1. The predicted molar refractivity (Wildman–Crippen MR) is 154 cm³/mol. The lowest BCUT2D eigenvalue weighted by molar-refractivity contribution is -0.137. The molecule has 1 N–H and O–H groups in total. The van der Waals surface area contributed by atoms with Gasteiger partial charge in [0.05, 0.1) is 34.1 Å². The summed E-state index contributed by atoms with van der Waals surface area (Å²) in [5.74, 6) is -0.864. The van der Waals surface area contributed by atoms with Gasteiger partial charge in [-0.15, -0.1) is 0 Å². The molecule has 1 aromatic heterocycles. The number of carboxylic acid groups (broad SMARTS) is 1. The zero-order valence-electron chi connectivity index (χ0n) is 21.9. The van der Waals surface area contributed by atoms with Crippen LogP contribution in [-0.2, 0) is 11.2 Å². The molecule has 1 aliphatic heterocycles. The van der Waals surface area contributed by atoms with Gasteiger partial charge in [-0.3, -0.25) is 9.59 Å². The maximum atomic E-state index is 13.4. The van der Waals surface area contributed by atoms with E-state index < -0.39 is 5.97 Å². The molecule has 40 heavy (non-hydrogen) atoms. The Labute approximate surface area is 237 Å². The molecule has 4 aromatic rings. The highest BCUT2D eigenvalue weighted by Gasteiger charge is 2.23. The number of benzene rings is 3. The van der Waals surface area contributed by atoms with Crippen LogP contribution in [0.15, 0.2) is 66.7 Å². The number of anilines is 1. The third-order valence-corrected chi connectivity index (χ3v) is 7.34. The molecule has 0 saturated carbocycles. The fourth-order valence-corrected chi connectivity index (χ4v) is 5.03. The van der Waals surface area contributed by atoms with Crippen LogP contribution in [-0.4, -0.2) is 58.0 Å². The second kappa shape index (κ2) is 12.1. The lowest BCUT2D eigenvalue weighted by atomic mass is 10.0. The number of rotatable bonds is 8. The van der Waals surface area contributed by atoms with Crippen molar-refractivity contribution in [2.45, 2.75) is 25.7 Å². The first-order chi connectivity index (χ1) is 19.4. The molecule has 2 heterocycles. The van der Waals surface area contributed by atoms with Crippen molar-refractivity contribution < 1.29 is 14.7 Å². The van der Waals surface area contributed by atoms with E-state index >= 15 is 0 Å². The smallest absolute Gasteiger partial charge is 0.303 e. The molecule has 202 valence electrons. The monoisotopic (exact) mass is 553 g/mol. The van der Waals surface area contributed by atoms with Gasteiger partial charge >= 0.3 is 5.97 Å². The first kappa shape index (κ1) is 27.1. The number of nitrogens with zero attached hydrogens (tertiary/aromatic N) is 5. The number of unbranched alkanes of at least 4 members (excludes halogenated alkanes) is 1. The van der Waals surface area contributed by atoms with E-state index in [1.54, 1.807) is 24.3 Å². The number of halogens is 1. The minimum atomic E-state index is -0.816. The Morgan fingerprint density at radius 2 is 1.62 bits per heavy atom. The Hall–Kier alpha value is -4.48. The molecule has 3 aromatic carbocycles. The Bertz CT molecular complexity index is 1570. The fraction of sp³-hybridized carbons (Fsp3) is 0.258. The van der Waals surface area contributed by atoms with Crippen LogP contribution in [0.3, 0.4) is 0 Å². The summed E-state index contributed by atoms with van der Waals surface area (Å²) < 4.78 is 0. The third kappa shape index (κ3) is 6.22. The Balaban J connectivity index is 1.35. The number of aliphatic carboxylic acids is 1. The van der Waals surface area contributed by atoms with Gasteiger partial charge in [-0.25, -0.2) is 9.97 Å². The van der Waals surface area contributed by atoms with Crippen LogP contribution in [0.5, 0.6) is 0 Å².